The molecule has 2 rings (SSSR count). The van der Waals surface area contributed by atoms with Crippen LogP contribution in [0.1, 0.15) is 46.0 Å². The van der Waals surface area contributed by atoms with Gasteiger partial charge in [0.15, 0.2) is 0 Å². The summed E-state index contributed by atoms with van der Waals surface area (Å²) in [5.41, 5.74) is 1.29. The highest BCUT2D eigenvalue weighted by molar-refractivity contribution is 5.43. The molecule has 1 aromatic heterocycles. The maximum atomic E-state index is 4.24. The highest BCUT2D eigenvalue weighted by atomic mass is 15.1. The number of rotatable bonds is 2. The molecular weight excluding hydrogens is 220 g/mol. The van der Waals surface area contributed by atoms with Gasteiger partial charge in [0.1, 0.15) is 0 Å². The summed E-state index contributed by atoms with van der Waals surface area (Å²) in [6.45, 7) is 7.13. The molecule has 2 heterocycles. The molecule has 0 aliphatic carbocycles. The van der Waals surface area contributed by atoms with Crippen LogP contribution in [0.2, 0.25) is 0 Å². The fraction of sp³-hybridized carbons (Fsp3) is 0.688. The van der Waals surface area contributed by atoms with Crippen LogP contribution in [0, 0.1) is 11.8 Å². The van der Waals surface area contributed by atoms with Crippen molar-refractivity contribution in [1.29, 1.82) is 0 Å². The molecule has 1 aliphatic rings. The summed E-state index contributed by atoms with van der Waals surface area (Å²) in [6, 6.07) is 4.23. The summed E-state index contributed by atoms with van der Waals surface area (Å²) in [5.74, 6) is 1.77. The first-order valence-corrected chi connectivity index (χ1v) is 7.42. The Balaban J connectivity index is 1.95. The van der Waals surface area contributed by atoms with Crippen LogP contribution < -0.4 is 4.90 Å². The lowest BCUT2D eigenvalue weighted by molar-refractivity contribution is 0.327. The van der Waals surface area contributed by atoms with Gasteiger partial charge in [0, 0.05) is 19.3 Å². The predicted molar refractivity (Wildman–Crippen MR) is 77.9 cm³/mol. The second-order valence-corrected chi connectivity index (χ2v) is 5.84. The van der Waals surface area contributed by atoms with Crippen molar-refractivity contribution in [3.05, 3.63) is 24.5 Å². The Hall–Kier alpha value is -1.05. The smallest absolute Gasteiger partial charge is 0.0552 e. The van der Waals surface area contributed by atoms with Gasteiger partial charge in [-0.25, -0.2) is 0 Å². The van der Waals surface area contributed by atoms with Gasteiger partial charge in [0.2, 0.25) is 0 Å². The van der Waals surface area contributed by atoms with Gasteiger partial charge in [-0.3, -0.25) is 4.98 Å². The molecule has 0 N–H and O–H groups in total. The largest absolute Gasteiger partial charge is 0.370 e. The van der Waals surface area contributed by atoms with Gasteiger partial charge in [-0.05, 0) is 43.2 Å². The Labute approximate surface area is 111 Å². The lowest BCUT2D eigenvalue weighted by Gasteiger charge is -2.24. The SMILES string of the molecule is CC(C)C1CCCCN(c2cccnc2)CCC1. The number of hydrogen-bond donors (Lipinski definition) is 0. The van der Waals surface area contributed by atoms with Crippen molar-refractivity contribution in [1.82, 2.24) is 4.98 Å². The summed E-state index contributed by atoms with van der Waals surface area (Å²) < 4.78 is 0. The van der Waals surface area contributed by atoms with Gasteiger partial charge in [-0.2, -0.15) is 0 Å². The number of aromatic nitrogens is 1. The van der Waals surface area contributed by atoms with Crippen LogP contribution in [0.15, 0.2) is 24.5 Å². The second-order valence-electron chi connectivity index (χ2n) is 5.84. The van der Waals surface area contributed by atoms with E-state index in [1.807, 2.05) is 18.5 Å². The zero-order valence-electron chi connectivity index (χ0n) is 11.8. The van der Waals surface area contributed by atoms with Gasteiger partial charge in [0.05, 0.1) is 11.9 Å². The Morgan fingerprint density at radius 1 is 1.17 bits per heavy atom. The van der Waals surface area contributed by atoms with E-state index in [4.69, 9.17) is 0 Å². The summed E-state index contributed by atoms with van der Waals surface area (Å²) in [4.78, 5) is 6.75. The molecule has 0 amide bonds. The quantitative estimate of drug-likeness (QED) is 0.780. The first-order valence-electron chi connectivity index (χ1n) is 7.42. The minimum Gasteiger partial charge on any atom is -0.370 e. The maximum absolute atomic E-state index is 4.24. The molecular formula is C16H26N2. The van der Waals surface area contributed by atoms with E-state index in [0.717, 1.165) is 11.8 Å². The molecule has 1 aromatic rings. The Kier molecular flexibility index (Phi) is 5.03. The van der Waals surface area contributed by atoms with Crippen LogP contribution in [0.5, 0.6) is 0 Å². The average Bonchev–Trinajstić information content (AvgIpc) is 2.51. The first-order chi connectivity index (χ1) is 8.77. The van der Waals surface area contributed by atoms with Crippen molar-refractivity contribution >= 4 is 5.69 Å². The van der Waals surface area contributed by atoms with E-state index in [9.17, 15) is 0 Å². The lowest BCUT2D eigenvalue weighted by Crippen LogP contribution is -2.25. The van der Waals surface area contributed by atoms with Crippen LogP contribution in [-0.2, 0) is 0 Å². The van der Waals surface area contributed by atoms with Crippen molar-refractivity contribution in [3.8, 4) is 0 Å². The first kappa shape index (κ1) is 13.4. The van der Waals surface area contributed by atoms with Crippen molar-refractivity contribution in [2.24, 2.45) is 11.8 Å². The van der Waals surface area contributed by atoms with Gasteiger partial charge >= 0.3 is 0 Å². The molecule has 1 fully saturated rings. The van der Waals surface area contributed by atoms with Crippen molar-refractivity contribution in [2.75, 3.05) is 18.0 Å². The summed E-state index contributed by atoms with van der Waals surface area (Å²) >= 11 is 0. The molecule has 1 atom stereocenters. The molecule has 100 valence electrons. The third-order valence-electron chi connectivity index (χ3n) is 4.21. The number of anilines is 1. The minimum atomic E-state index is 0.843. The average molecular weight is 246 g/mol. The van der Waals surface area contributed by atoms with Crippen LogP contribution in [0.25, 0.3) is 0 Å². The Morgan fingerprint density at radius 3 is 2.67 bits per heavy atom. The molecule has 0 aromatic carbocycles. The van der Waals surface area contributed by atoms with E-state index in [1.54, 1.807) is 0 Å². The summed E-state index contributed by atoms with van der Waals surface area (Å²) in [6.07, 6.45) is 10.7. The Bertz CT molecular complexity index is 334. The molecule has 0 saturated carbocycles. The van der Waals surface area contributed by atoms with E-state index in [2.05, 4.69) is 29.8 Å². The van der Waals surface area contributed by atoms with Crippen LogP contribution >= 0.6 is 0 Å². The molecule has 2 nitrogen and oxygen atoms in total. The fourth-order valence-corrected chi connectivity index (χ4v) is 2.98. The van der Waals surface area contributed by atoms with E-state index >= 15 is 0 Å². The van der Waals surface area contributed by atoms with Crippen LogP contribution in [0.3, 0.4) is 0 Å². The van der Waals surface area contributed by atoms with Gasteiger partial charge in [-0.15, -0.1) is 0 Å². The van der Waals surface area contributed by atoms with Crippen molar-refractivity contribution in [3.63, 3.8) is 0 Å². The van der Waals surface area contributed by atoms with E-state index in [1.165, 1.54) is 50.9 Å². The minimum absolute atomic E-state index is 0.843. The van der Waals surface area contributed by atoms with E-state index in [0.29, 0.717) is 0 Å². The topological polar surface area (TPSA) is 16.1 Å². The molecule has 18 heavy (non-hydrogen) atoms. The highest BCUT2D eigenvalue weighted by Gasteiger charge is 2.16. The fourth-order valence-electron chi connectivity index (χ4n) is 2.98. The van der Waals surface area contributed by atoms with E-state index < -0.39 is 0 Å². The highest BCUT2D eigenvalue weighted by Crippen LogP contribution is 2.26. The predicted octanol–water partition coefficient (Wildman–Crippen LogP) is 4.12. The molecule has 2 heteroatoms. The third-order valence-corrected chi connectivity index (χ3v) is 4.21. The second kappa shape index (κ2) is 6.77. The number of hydrogen-bond acceptors (Lipinski definition) is 2. The Morgan fingerprint density at radius 2 is 1.94 bits per heavy atom. The van der Waals surface area contributed by atoms with E-state index in [-0.39, 0.29) is 0 Å². The maximum Gasteiger partial charge on any atom is 0.0552 e. The normalized spacial score (nSPS) is 22.4. The van der Waals surface area contributed by atoms with Crippen molar-refractivity contribution < 1.29 is 0 Å². The monoisotopic (exact) mass is 246 g/mol. The molecule has 0 radical (unpaired) electrons. The van der Waals surface area contributed by atoms with Crippen LogP contribution in [-0.4, -0.2) is 18.1 Å². The summed E-state index contributed by atoms with van der Waals surface area (Å²) in [7, 11) is 0. The molecule has 1 aliphatic heterocycles. The zero-order chi connectivity index (χ0) is 12.8. The molecule has 0 spiro atoms. The van der Waals surface area contributed by atoms with Gasteiger partial charge in [0.25, 0.3) is 0 Å². The van der Waals surface area contributed by atoms with Crippen LogP contribution in [0.4, 0.5) is 5.69 Å². The molecule has 1 unspecified atom stereocenters. The van der Waals surface area contributed by atoms with Gasteiger partial charge < -0.3 is 4.90 Å². The lowest BCUT2D eigenvalue weighted by atomic mass is 9.87. The van der Waals surface area contributed by atoms with Crippen molar-refractivity contribution in [2.45, 2.75) is 46.0 Å². The third kappa shape index (κ3) is 3.72. The summed E-state index contributed by atoms with van der Waals surface area (Å²) in [5, 5.41) is 0. The van der Waals surface area contributed by atoms with Gasteiger partial charge in [-0.1, -0.05) is 26.7 Å². The molecule has 0 bridgehead atoms. The standard InChI is InChI=1S/C16H26N2/c1-14(2)15-7-3-4-11-18(12-6-8-15)16-9-5-10-17-13-16/h5,9-10,13-15H,3-4,6-8,11-12H2,1-2H3. The molecule has 1 saturated heterocycles. The number of nitrogens with zero attached hydrogens (tertiary/aromatic N) is 2. The number of pyridine rings is 1. The zero-order valence-corrected chi connectivity index (χ0v) is 11.8.